The molecule has 2 N–H and O–H groups in total. The van der Waals surface area contributed by atoms with Gasteiger partial charge in [0.05, 0.1) is 6.20 Å². The number of nitrogens with one attached hydrogen (secondary N) is 1. The average Bonchev–Trinajstić information content (AvgIpc) is 2.47. The molecule has 0 aliphatic rings. The van der Waals surface area contributed by atoms with E-state index < -0.39 is 5.97 Å². The summed E-state index contributed by atoms with van der Waals surface area (Å²) in [5.74, 6) is -0.336. The van der Waals surface area contributed by atoms with Crippen LogP contribution in [0.5, 0.6) is 0 Å². The maximum absolute atomic E-state index is 10.7. The minimum absolute atomic E-state index is 0.292. The lowest BCUT2D eigenvalue weighted by atomic mass is 10.0. The van der Waals surface area contributed by atoms with Crippen LogP contribution in [-0.4, -0.2) is 21.3 Å². The van der Waals surface area contributed by atoms with Gasteiger partial charge in [0.15, 0.2) is 0 Å². The van der Waals surface area contributed by atoms with E-state index in [4.69, 9.17) is 5.11 Å². The van der Waals surface area contributed by atoms with Crippen molar-refractivity contribution in [1.29, 1.82) is 0 Å². The Bertz CT molecular complexity index is 292. The molecule has 1 rings (SSSR count). The quantitative estimate of drug-likeness (QED) is 0.744. The minimum Gasteiger partial charge on any atom is -0.478 e. The molecule has 4 heteroatoms. The lowest BCUT2D eigenvalue weighted by molar-refractivity contribution is 0.0695. The Morgan fingerprint density at radius 2 is 2.38 bits per heavy atom. The Kier molecular flexibility index (Phi) is 3.06. The lowest BCUT2D eigenvalue weighted by Gasteiger charge is -2.02. The van der Waals surface area contributed by atoms with Gasteiger partial charge in [0, 0.05) is 5.69 Å². The number of nitrogens with zero attached hydrogens (tertiary/aromatic N) is 1. The molecule has 0 fully saturated rings. The molecule has 0 atom stereocenters. The number of carboxylic acid groups (broad SMARTS) is 1. The van der Waals surface area contributed by atoms with Crippen LogP contribution in [0.1, 0.15) is 36.3 Å². The van der Waals surface area contributed by atoms with Crippen molar-refractivity contribution in [2.45, 2.75) is 26.7 Å². The van der Waals surface area contributed by atoms with E-state index >= 15 is 0 Å². The van der Waals surface area contributed by atoms with E-state index in [0.717, 1.165) is 18.5 Å². The normalized spacial score (nSPS) is 10.7. The second-order valence-electron chi connectivity index (χ2n) is 3.50. The highest BCUT2D eigenvalue weighted by molar-refractivity contribution is 5.88. The van der Waals surface area contributed by atoms with Crippen LogP contribution in [0.2, 0.25) is 0 Å². The van der Waals surface area contributed by atoms with Gasteiger partial charge in [-0.1, -0.05) is 13.8 Å². The van der Waals surface area contributed by atoms with Crippen molar-refractivity contribution in [3.05, 3.63) is 17.5 Å². The minimum atomic E-state index is -0.910. The number of aryl methyl sites for hydroxylation is 1. The number of aromatic amines is 1. The van der Waals surface area contributed by atoms with Gasteiger partial charge in [-0.15, -0.1) is 0 Å². The molecule has 4 nitrogen and oxygen atoms in total. The summed E-state index contributed by atoms with van der Waals surface area (Å²) in [7, 11) is 0. The zero-order chi connectivity index (χ0) is 9.84. The molecule has 1 aromatic heterocycles. The third kappa shape index (κ3) is 2.57. The summed E-state index contributed by atoms with van der Waals surface area (Å²) in [5, 5.41) is 15.2. The van der Waals surface area contributed by atoms with E-state index in [0.29, 0.717) is 11.5 Å². The molecule has 1 aromatic rings. The van der Waals surface area contributed by atoms with Crippen molar-refractivity contribution < 1.29 is 9.90 Å². The van der Waals surface area contributed by atoms with E-state index in [1.54, 1.807) is 0 Å². The summed E-state index contributed by atoms with van der Waals surface area (Å²) in [4.78, 5) is 10.7. The molecular weight excluding hydrogens is 168 g/mol. The molecule has 0 unspecified atom stereocenters. The summed E-state index contributed by atoms with van der Waals surface area (Å²) in [5.41, 5.74) is 1.02. The van der Waals surface area contributed by atoms with Crippen LogP contribution < -0.4 is 0 Å². The van der Waals surface area contributed by atoms with Gasteiger partial charge in [0.1, 0.15) is 5.56 Å². The molecule has 13 heavy (non-hydrogen) atoms. The standard InChI is InChI=1S/C9H14N2O2/c1-6(2)3-4-8-7(9(12)13)5-10-11-8/h5-6H,3-4H2,1-2H3,(H,10,11)(H,12,13). The van der Waals surface area contributed by atoms with E-state index in [1.807, 2.05) is 0 Å². The van der Waals surface area contributed by atoms with E-state index in [-0.39, 0.29) is 0 Å². The predicted molar refractivity (Wildman–Crippen MR) is 48.7 cm³/mol. The zero-order valence-corrected chi connectivity index (χ0v) is 7.87. The highest BCUT2D eigenvalue weighted by Gasteiger charge is 2.11. The Balaban J connectivity index is 2.65. The topological polar surface area (TPSA) is 66.0 Å². The van der Waals surface area contributed by atoms with E-state index in [1.165, 1.54) is 6.20 Å². The molecular formula is C9H14N2O2. The fourth-order valence-corrected chi connectivity index (χ4v) is 1.12. The fourth-order valence-electron chi connectivity index (χ4n) is 1.12. The van der Waals surface area contributed by atoms with Crippen LogP contribution in [0.25, 0.3) is 0 Å². The van der Waals surface area contributed by atoms with Crippen LogP contribution in [0.15, 0.2) is 6.20 Å². The first kappa shape index (κ1) is 9.77. The van der Waals surface area contributed by atoms with Gasteiger partial charge in [-0.3, -0.25) is 5.10 Å². The molecule has 0 bridgehead atoms. The third-order valence-corrected chi connectivity index (χ3v) is 1.92. The molecule has 0 radical (unpaired) electrons. The summed E-state index contributed by atoms with van der Waals surface area (Å²) in [6.07, 6.45) is 3.08. The van der Waals surface area contributed by atoms with Crippen molar-refractivity contribution in [3.8, 4) is 0 Å². The number of carboxylic acids is 1. The van der Waals surface area contributed by atoms with Gasteiger partial charge < -0.3 is 5.11 Å². The fraction of sp³-hybridized carbons (Fsp3) is 0.556. The second-order valence-corrected chi connectivity index (χ2v) is 3.50. The number of aromatic nitrogens is 2. The summed E-state index contributed by atoms with van der Waals surface area (Å²) in [6, 6.07) is 0. The molecule has 72 valence electrons. The smallest absolute Gasteiger partial charge is 0.339 e. The summed E-state index contributed by atoms with van der Waals surface area (Å²) in [6.45, 7) is 4.22. The first-order valence-corrected chi connectivity index (χ1v) is 4.36. The Morgan fingerprint density at radius 3 is 2.92 bits per heavy atom. The van der Waals surface area contributed by atoms with Crippen LogP contribution >= 0.6 is 0 Å². The highest BCUT2D eigenvalue weighted by Crippen LogP contribution is 2.10. The van der Waals surface area contributed by atoms with Gasteiger partial charge in [-0.2, -0.15) is 5.10 Å². The van der Waals surface area contributed by atoms with Crippen molar-refractivity contribution in [1.82, 2.24) is 10.2 Å². The van der Waals surface area contributed by atoms with Crippen molar-refractivity contribution in [2.75, 3.05) is 0 Å². The Hall–Kier alpha value is -1.32. The first-order chi connectivity index (χ1) is 6.11. The molecule has 0 aliphatic carbocycles. The largest absolute Gasteiger partial charge is 0.478 e. The Morgan fingerprint density at radius 1 is 1.69 bits per heavy atom. The van der Waals surface area contributed by atoms with Gasteiger partial charge in [0.25, 0.3) is 0 Å². The maximum atomic E-state index is 10.7. The van der Waals surface area contributed by atoms with Crippen molar-refractivity contribution in [2.24, 2.45) is 5.92 Å². The molecule has 0 saturated carbocycles. The number of carbonyl (C=O) groups is 1. The van der Waals surface area contributed by atoms with Crippen LogP contribution in [0.4, 0.5) is 0 Å². The third-order valence-electron chi connectivity index (χ3n) is 1.92. The van der Waals surface area contributed by atoms with Gasteiger partial charge >= 0.3 is 5.97 Å². The highest BCUT2D eigenvalue weighted by atomic mass is 16.4. The average molecular weight is 182 g/mol. The lowest BCUT2D eigenvalue weighted by Crippen LogP contribution is -2.01. The van der Waals surface area contributed by atoms with Crippen LogP contribution in [0, 0.1) is 5.92 Å². The number of hydrogen-bond acceptors (Lipinski definition) is 2. The van der Waals surface area contributed by atoms with Crippen LogP contribution in [-0.2, 0) is 6.42 Å². The number of rotatable bonds is 4. The van der Waals surface area contributed by atoms with Gasteiger partial charge in [-0.05, 0) is 18.8 Å². The number of H-pyrrole nitrogens is 1. The zero-order valence-electron chi connectivity index (χ0n) is 7.87. The Labute approximate surface area is 77.0 Å². The van der Waals surface area contributed by atoms with Crippen LogP contribution in [0.3, 0.4) is 0 Å². The predicted octanol–water partition coefficient (Wildman–Crippen LogP) is 1.70. The summed E-state index contributed by atoms with van der Waals surface area (Å²) < 4.78 is 0. The number of aromatic carboxylic acids is 1. The van der Waals surface area contributed by atoms with E-state index in [9.17, 15) is 4.79 Å². The summed E-state index contributed by atoms with van der Waals surface area (Å²) >= 11 is 0. The van der Waals surface area contributed by atoms with Gasteiger partial charge in [-0.25, -0.2) is 4.79 Å². The van der Waals surface area contributed by atoms with Crippen molar-refractivity contribution >= 4 is 5.97 Å². The molecule has 0 aromatic carbocycles. The molecule has 0 aliphatic heterocycles. The molecule has 1 heterocycles. The molecule has 0 amide bonds. The second kappa shape index (κ2) is 4.07. The number of hydrogen-bond donors (Lipinski definition) is 2. The first-order valence-electron chi connectivity index (χ1n) is 4.36. The van der Waals surface area contributed by atoms with Gasteiger partial charge in [0.2, 0.25) is 0 Å². The SMILES string of the molecule is CC(C)CCc1[nH]ncc1C(=O)O. The molecule has 0 spiro atoms. The van der Waals surface area contributed by atoms with Crippen molar-refractivity contribution in [3.63, 3.8) is 0 Å². The maximum Gasteiger partial charge on any atom is 0.339 e. The van der Waals surface area contributed by atoms with E-state index in [2.05, 4.69) is 24.0 Å². The monoisotopic (exact) mass is 182 g/mol. The molecule has 0 saturated heterocycles.